The number of ketones is 1. The van der Waals surface area contributed by atoms with Crippen molar-refractivity contribution in [2.75, 3.05) is 13.7 Å². The molecular formula is C13H19NO2. The second-order valence-corrected chi connectivity index (χ2v) is 4.11. The monoisotopic (exact) mass is 221 g/mol. The molecule has 0 aliphatic heterocycles. The van der Waals surface area contributed by atoms with Crippen molar-refractivity contribution in [2.45, 2.75) is 19.8 Å². The average Bonchev–Trinajstić information content (AvgIpc) is 2.28. The number of carbonyl (C=O) groups excluding carboxylic acids is 1. The van der Waals surface area contributed by atoms with Gasteiger partial charge in [-0.2, -0.15) is 0 Å². The first-order valence-corrected chi connectivity index (χ1v) is 5.50. The molecule has 3 nitrogen and oxygen atoms in total. The minimum atomic E-state index is 0.228. The predicted octanol–water partition coefficient (Wildman–Crippen LogP) is 1.79. The molecule has 3 heteroatoms. The first-order valence-electron chi connectivity index (χ1n) is 5.50. The molecule has 16 heavy (non-hydrogen) atoms. The van der Waals surface area contributed by atoms with Gasteiger partial charge in [0.2, 0.25) is 0 Å². The molecule has 0 aromatic heterocycles. The molecule has 0 aliphatic rings. The molecule has 1 unspecified atom stereocenters. The summed E-state index contributed by atoms with van der Waals surface area (Å²) in [6.45, 7) is 2.55. The third kappa shape index (κ3) is 4.03. The lowest BCUT2D eigenvalue weighted by Crippen LogP contribution is -2.16. The van der Waals surface area contributed by atoms with E-state index < -0.39 is 0 Å². The maximum Gasteiger partial charge on any atom is 0.137 e. The smallest absolute Gasteiger partial charge is 0.137 e. The van der Waals surface area contributed by atoms with Crippen molar-refractivity contribution in [2.24, 2.45) is 11.7 Å². The molecule has 1 aromatic carbocycles. The molecule has 0 fully saturated rings. The lowest BCUT2D eigenvalue weighted by atomic mass is 10.00. The van der Waals surface area contributed by atoms with Gasteiger partial charge in [0.25, 0.3) is 0 Å². The Balaban J connectivity index is 2.55. The summed E-state index contributed by atoms with van der Waals surface area (Å²) in [5.74, 6) is 1.28. The van der Waals surface area contributed by atoms with Gasteiger partial charge in [-0.25, -0.2) is 0 Å². The van der Waals surface area contributed by atoms with Gasteiger partial charge in [-0.05, 0) is 30.2 Å². The van der Waals surface area contributed by atoms with Gasteiger partial charge in [-0.15, -0.1) is 0 Å². The SMILES string of the molecule is COc1cccc(CC(=O)CC(C)CN)c1. The molecule has 0 saturated carbocycles. The Morgan fingerprint density at radius 1 is 1.50 bits per heavy atom. The zero-order chi connectivity index (χ0) is 12.0. The van der Waals surface area contributed by atoms with Crippen molar-refractivity contribution >= 4 is 5.78 Å². The van der Waals surface area contributed by atoms with Crippen molar-refractivity contribution in [1.82, 2.24) is 0 Å². The normalized spacial score (nSPS) is 12.2. The Kier molecular flexibility index (Phi) is 4.99. The quantitative estimate of drug-likeness (QED) is 0.796. The third-order valence-electron chi connectivity index (χ3n) is 2.51. The van der Waals surface area contributed by atoms with E-state index in [0.717, 1.165) is 11.3 Å². The predicted molar refractivity (Wildman–Crippen MR) is 64.5 cm³/mol. The van der Waals surface area contributed by atoms with E-state index in [-0.39, 0.29) is 11.7 Å². The molecule has 88 valence electrons. The van der Waals surface area contributed by atoms with E-state index in [0.29, 0.717) is 19.4 Å². The molecule has 0 heterocycles. The van der Waals surface area contributed by atoms with Crippen molar-refractivity contribution in [1.29, 1.82) is 0 Å². The zero-order valence-corrected chi connectivity index (χ0v) is 9.90. The fourth-order valence-electron chi connectivity index (χ4n) is 1.55. The van der Waals surface area contributed by atoms with Crippen LogP contribution < -0.4 is 10.5 Å². The molecule has 2 N–H and O–H groups in total. The van der Waals surface area contributed by atoms with E-state index in [1.54, 1.807) is 7.11 Å². The number of rotatable bonds is 6. The first kappa shape index (κ1) is 12.7. The number of ether oxygens (including phenoxy) is 1. The van der Waals surface area contributed by atoms with Crippen LogP contribution in [0.4, 0.5) is 0 Å². The van der Waals surface area contributed by atoms with Crippen LogP contribution in [0, 0.1) is 5.92 Å². The second kappa shape index (κ2) is 6.28. The number of hydrogen-bond donors (Lipinski definition) is 1. The zero-order valence-electron chi connectivity index (χ0n) is 9.90. The van der Waals surface area contributed by atoms with Gasteiger partial charge in [-0.1, -0.05) is 19.1 Å². The standard InChI is InChI=1S/C13H19NO2/c1-10(9-14)6-12(15)7-11-4-3-5-13(8-11)16-2/h3-5,8,10H,6-7,9,14H2,1-2H3. The van der Waals surface area contributed by atoms with Gasteiger partial charge in [-0.3, -0.25) is 4.79 Å². The van der Waals surface area contributed by atoms with Gasteiger partial charge in [0.15, 0.2) is 0 Å². The minimum Gasteiger partial charge on any atom is -0.497 e. The Labute approximate surface area is 96.6 Å². The van der Waals surface area contributed by atoms with E-state index in [2.05, 4.69) is 0 Å². The van der Waals surface area contributed by atoms with Crippen molar-refractivity contribution in [3.63, 3.8) is 0 Å². The summed E-state index contributed by atoms with van der Waals surface area (Å²) >= 11 is 0. The van der Waals surface area contributed by atoms with Gasteiger partial charge < -0.3 is 10.5 Å². The Morgan fingerprint density at radius 3 is 2.88 bits per heavy atom. The number of benzene rings is 1. The minimum absolute atomic E-state index is 0.228. The van der Waals surface area contributed by atoms with Crippen LogP contribution in [0.25, 0.3) is 0 Å². The van der Waals surface area contributed by atoms with Crippen LogP contribution in [0.1, 0.15) is 18.9 Å². The summed E-state index contributed by atoms with van der Waals surface area (Å²) in [7, 11) is 1.62. The van der Waals surface area contributed by atoms with E-state index in [4.69, 9.17) is 10.5 Å². The third-order valence-corrected chi connectivity index (χ3v) is 2.51. The lowest BCUT2D eigenvalue weighted by Gasteiger charge is -2.07. The highest BCUT2D eigenvalue weighted by atomic mass is 16.5. The highest BCUT2D eigenvalue weighted by Crippen LogP contribution is 2.14. The molecule has 1 rings (SSSR count). The van der Waals surface area contributed by atoms with Crippen molar-refractivity contribution in [3.05, 3.63) is 29.8 Å². The largest absolute Gasteiger partial charge is 0.497 e. The molecule has 0 bridgehead atoms. The number of hydrogen-bond acceptors (Lipinski definition) is 3. The van der Waals surface area contributed by atoms with E-state index in [9.17, 15) is 4.79 Å². The molecular weight excluding hydrogens is 202 g/mol. The first-order chi connectivity index (χ1) is 7.65. The topological polar surface area (TPSA) is 52.3 Å². The van der Waals surface area contributed by atoms with Gasteiger partial charge in [0.05, 0.1) is 7.11 Å². The summed E-state index contributed by atoms with van der Waals surface area (Å²) in [5.41, 5.74) is 6.48. The summed E-state index contributed by atoms with van der Waals surface area (Å²) in [5, 5.41) is 0. The Bertz CT molecular complexity index is 350. The van der Waals surface area contributed by atoms with Gasteiger partial charge in [0.1, 0.15) is 11.5 Å². The highest BCUT2D eigenvalue weighted by Gasteiger charge is 2.08. The van der Waals surface area contributed by atoms with Crippen LogP contribution in [0.5, 0.6) is 5.75 Å². The number of nitrogens with two attached hydrogens (primary N) is 1. The molecule has 0 aliphatic carbocycles. The van der Waals surface area contributed by atoms with Crippen LogP contribution in [0.2, 0.25) is 0 Å². The molecule has 0 amide bonds. The summed E-state index contributed by atoms with van der Waals surface area (Å²) in [4.78, 5) is 11.7. The van der Waals surface area contributed by atoms with E-state index in [1.165, 1.54) is 0 Å². The Hall–Kier alpha value is -1.35. The van der Waals surface area contributed by atoms with Crippen LogP contribution in [0.15, 0.2) is 24.3 Å². The maximum atomic E-state index is 11.7. The molecule has 1 atom stereocenters. The molecule has 0 spiro atoms. The van der Waals surface area contributed by atoms with Crippen LogP contribution in [-0.4, -0.2) is 19.4 Å². The summed E-state index contributed by atoms with van der Waals surface area (Å²) in [6, 6.07) is 7.60. The van der Waals surface area contributed by atoms with Gasteiger partial charge >= 0.3 is 0 Å². The fourth-order valence-corrected chi connectivity index (χ4v) is 1.55. The molecule has 0 radical (unpaired) electrons. The van der Waals surface area contributed by atoms with Crippen molar-refractivity contribution < 1.29 is 9.53 Å². The van der Waals surface area contributed by atoms with Gasteiger partial charge in [0, 0.05) is 12.8 Å². The number of methoxy groups -OCH3 is 1. The lowest BCUT2D eigenvalue weighted by molar-refractivity contribution is -0.119. The molecule has 1 aromatic rings. The van der Waals surface area contributed by atoms with Crippen molar-refractivity contribution in [3.8, 4) is 5.75 Å². The second-order valence-electron chi connectivity index (χ2n) is 4.11. The maximum absolute atomic E-state index is 11.7. The average molecular weight is 221 g/mol. The highest BCUT2D eigenvalue weighted by molar-refractivity contribution is 5.81. The summed E-state index contributed by atoms with van der Waals surface area (Å²) < 4.78 is 5.11. The summed E-state index contributed by atoms with van der Waals surface area (Å²) in [6.07, 6.45) is 1.01. The van der Waals surface area contributed by atoms with E-state index >= 15 is 0 Å². The van der Waals surface area contributed by atoms with Crippen LogP contribution >= 0.6 is 0 Å². The van der Waals surface area contributed by atoms with Crippen LogP contribution in [-0.2, 0) is 11.2 Å². The number of carbonyl (C=O) groups is 1. The van der Waals surface area contributed by atoms with Crippen LogP contribution in [0.3, 0.4) is 0 Å². The van der Waals surface area contributed by atoms with E-state index in [1.807, 2.05) is 31.2 Å². The number of Topliss-reactive ketones (excluding diaryl/α,β-unsaturated/α-hetero) is 1. The Morgan fingerprint density at radius 2 is 2.25 bits per heavy atom. The molecule has 0 saturated heterocycles. The fraction of sp³-hybridized carbons (Fsp3) is 0.462.